The van der Waals surface area contributed by atoms with Crippen molar-refractivity contribution in [3.63, 3.8) is 0 Å². The van der Waals surface area contributed by atoms with E-state index in [1.807, 2.05) is 67.6 Å². The molecule has 0 saturated heterocycles. The lowest BCUT2D eigenvalue weighted by Gasteiger charge is -2.26. The molecule has 32 heavy (non-hydrogen) atoms. The topological polar surface area (TPSA) is 75.7 Å². The summed E-state index contributed by atoms with van der Waals surface area (Å²) in [4.78, 5) is 15.0. The van der Waals surface area contributed by atoms with E-state index < -0.39 is 16.1 Å². The third kappa shape index (κ3) is 6.42. The van der Waals surface area contributed by atoms with Crippen LogP contribution in [0.4, 0.5) is 0 Å². The summed E-state index contributed by atoms with van der Waals surface area (Å²) >= 11 is 0. The van der Waals surface area contributed by atoms with Crippen molar-refractivity contribution in [2.75, 3.05) is 6.61 Å². The van der Waals surface area contributed by atoms with Crippen LogP contribution in [0.5, 0.6) is 5.75 Å². The van der Waals surface area contributed by atoms with Gasteiger partial charge in [-0.25, -0.2) is 8.42 Å². The fraction of sp³-hybridized carbons (Fsp3) is 0.240. The predicted molar refractivity (Wildman–Crippen MR) is 125 cm³/mol. The first-order valence-electron chi connectivity index (χ1n) is 10.5. The van der Waals surface area contributed by atoms with Crippen LogP contribution in [0, 0.1) is 0 Å². The zero-order valence-corrected chi connectivity index (χ0v) is 19.1. The van der Waals surface area contributed by atoms with Crippen molar-refractivity contribution in [1.29, 1.82) is 0 Å². The van der Waals surface area contributed by atoms with Crippen LogP contribution in [0.2, 0.25) is 0 Å². The largest absolute Gasteiger partial charge is 0.494 e. The minimum absolute atomic E-state index is 0.0817. The average Bonchev–Trinajstić information content (AvgIpc) is 2.80. The van der Waals surface area contributed by atoms with Crippen LogP contribution in [0.25, 0.3) is 0 Å². The molecule has 0 radical (unpaired) electrons. The van der Waals surface area contributed by atoms with E-state index in [0.29, 0.717) is 25.4 Å². The number of hydrogen-bond donors (Lipinski definition) is 1. The molecule has 0 aliphatic rings. The number of carbonyl (C=O) groups excluding carboxylic acids is 1. The lowest BCUT2D eigenvalue weighted by Crippen LogP contribution is -2.46. The Morgan fingerprint density at radius 3 is 1.84 bits per heavy atom. The number of amides is 1. The molecule has 0 aliphatic carbocycles. The monoisotopic (exact) mass is 452 g/mol. The molecule has 1 atom stereocenters. The maximum atomic E-state index is 13.3. The molecule has 7 heteroatoms. The Kier molecular flexibility index (Phi) is 8.03. The second-order valence-corrected chi connectivity index (χ2v) is 9.13. The number of benzene rings is 3. The van der Waals surface area contributed by atoms with Crippen LogP contribution in [-0.4, -0.2) is 31.9 Å². The van der Waals surface area contributed by atoms with Gasteiger partial charge in [0.15, 0.2) is 0 Å². The van der Waals surface area contributed by atoms with E-state index in [0.717, 1.165) is 11.1 Å². The summed E-state index contributed by atoms with van der Waals surface area (Å²) < 4.78 is 33.5. The Morgan fingerprint density at radius 2 is 1.38 bits per heavy atom. The number of ether oxygens (including phenoxy) is 1. The van der Waals surface area contributed by atoms with Gasteiger partial charge in [-0.05, 0) is 49.2 Å². The molecule has 3 aromatic carbocycles. The molecular formula is C25H28N2O4S. The van der Waals surface area contributed by atoms with Gasteiger partial charge in [0.1, 0.15) is 5.75 Å². The van der Waals surface area contributed by atoms with Gasteiger partial charge in [-0.15, -0.1) is 0 Å². The maximum absolute atomic E-state index is 13.3. The highest BCUT2D eigenvalue weighted by molar-refractivity contribution is 7.89. The predicted octanol–water partition coefficient (Wildman–Crippen LogP) is 3.98. The Labute approximate surface area is 189 Å². The molecule has 3 aromatic rings. The summed E-state index contributed by atoms with van der Waals surface area (Å²) in [6, 6.07) is 24.5. The molecular weight excluding hydrogens is 424 g/mol. The molecule has 0 spiro atoms. The van der Waals surface area contributed by atoms with Crippen LogP contribution < -0.4 is 9.46 Å². The Balaban J connectivity index is 1.76. The van der Waals surface area contributed by atoms with Gasteiger partial charge in [0.25, 0.3) is 0 Å². The molecule has 1 amide bonds. The number of carbonyl (C=O) groups is 1. The van der Waals surface area contributed by atoms with Crippen molar-refractivity contribution >= 4 is 15.9 Å². The smallest absolute Gasteiger partial charge is 0.241 e. The fourth-order valence-electron chi connectivity index (χ4n) is 3.33. The van der Waals surface area contributed by atoms with E-state index in [1.165, 1.54) is 12.1 Å². The first kappa shape index (κ1) is 23.5. The van der Waals surface area contributed by atoms with Gasteiger partial charge in [0.2, 0.25) is 15.9 Å². The zero-order valence-electron chi connectivity index (χ0n) is 18.3. The molecule has 0 heterocycles. The van der Waals surface area contributed by atoms with Gasteiger partial charge >= 0.3 is 0 Å². The highest BCUT2D eigenvalue weighted by Gasteiger charge is 2.26. The second-order valence-electron chi connectivity index (χ2n) is 7.41. The maximum Gasteiger partial charge on any atom is 0.241 e. The number of rotatable bonds is 10. The van der Waals surface area contributed by atoms with E-state index in [4.69, 9.17) is 4.74 Å². The third-order valence-electron chi connectivity index (χ3n) is 4.89. The van der Waals surface area contributed by atoms with Crippen molar-refractivity contribution in [1.82, 2.24) is 9.62 Å². The molecule has 3 rings (SSSR count). The highest BCUT2D eigenvalue weighted by Crippen LogP contribution is 2.17. The molecule has 0 fully saturated rings. The van der Waals surface area contributed by atoms with Crippen molar-refractivity contribution in [2.45, 2.75) is 37.9 Å². The van der Waals surface area contributed by atoms with Crippen LogP contribution >= 0.6 is 0 Å². The quantitative estimate of drug-likeness (QED) is 0.505. The first-order chi connectivity index (χ1) is 15.4. The van der Waals surface area contributed by atoms with Gasteiger partial charge in [0, 0.05) is 13.1 Å². The average molecular weight is 453 g/mol. The summed E-state index contributed by atoms with van der Waals surface area (Å²) in [5.74, 6) is 0.291. The lowest BCUT2D eigenvalue weighted by atomic mass is 10.1. The van der Waals surface area contributed by atoms with E-state index in [2.05, 4.69) is 4.72 Å². The van der Waals surface area contributed by atoms with E-state index >= 15 is 0 Å². The molecule has 0 unspecified atom stereocenters. The molecule has 0 bridgehead atoms. The molecule has 0 saturated carbocycles. The number of nitrogens with zero attached hydrogens (tertiary/aromatic N) is 1. The summed E-state index contributed by atoms with van der Waals surface area (Å²) in [5, 5.41) is 0. The summed E-state index contributed by atoms with van der Waals surface area (Å²) in [5.41, 5.74) is 1.94. The minimum Gasteiger partial charge on any atom is -0.494 e. The van der Waals surface area contributed by atoms with E-state index in [9.17, 15) is 13.2 Å². The molecule has 0 aromatic heterocycles. The molecule has 0 aliphatic heterocycles. The van der Waals surface area contributed by atoms with E-state index in [-0.39, 0.29) is 10.8 Å². The molecule has 1 N–H and O–H groups in total. The van der Waals surface area contributed by atoms with Crippen molar-refractivity contribution < 1.29 is 17.9 Å². The first-order valence-corrected chi connectivity index (χ1v) is 12.0. The van der Waals surface area contributed by atoms with Crippen molar-refractivity contribution in [3.05, 3.63) is 96.1 Å². The number of sulfonamides is 1. The van der Waals surface area contributed by atoms with Crippen LogP contribution in [0.1, 0.15) is 25.0 Å². The molecule has 168 valence electrons. The lowest BCUT2D eigenvalue weighted by molar-refractivity contribution is -0.133. The van der Waals surface area contributed by atoms with Crippen LogP contribution in [-0.2, 0) is 27.9 Å². The van der Waals surface area contributed by atoms with Gasteiger partial charge in [-0.1, -0.05) is 60.7 Å². The Bertz CT molecular complexity index is 1060. The summed E-state index contributed by atoms with van der Waals surface area (Å²) in [6.07, 6.45) is 0. The van der Waals surface area contributed by atoms with Gasteiger partial charge < -0.3 is 9.64 Å². The zero-order chi connectivity index (χ0) is 23.0. The number of nitrogens with one attached hydrogen (secondary N) is 1. The standard InChI is InChI=1S/C25H28N2O4S/c1-3-31-23-14-16-24(17-15-23)32(29,30)26-20(2)25(28)27(18-21-10-6-4-7-11-21)19-22-12-8-5-9-13-22/h4-17,20,26H,3,18-19H2,1-2H3/t20-/m0/s1. The summed E-state index contributed by atoms with van der Waals surface area (Å²) in [6.45, 7) is 4.68. The normalized spacial score (nSPS) is 12.2. The fourth-order valence-corrected chi connectivity index (χ4v) is 4.52. The van der Waals surface area contributed by atoms with Crippen LogP contribution in [0.15, 0.2) is 89.8 Å². The Morgan fingerprint density at radius 1 is 0.875 bits per heavy atom. The van der Waals surface area contributed by atoms with Gasteiger partial charge in [0.05, 0.1) is 17.5 Å². The van der Waals surface area contributed by atoms with Gasteiger partial charge in [-0.3, -0.25) is 4.79 Å². The third-order valence-corrected chi connectivity index (χ3v) is 6.45. The minimum atomic E-state index is -3.87. The summed E-state index contributed by atoms with van der Waals surface area (Å²) in [7, 11) is -3.87. The Hall–Kier alpha value is -3.16. The highest BCUT2D eigenvalue weighted by atomic mass is 32.2. The van der Waals surface area contributed by atoms with Crippen LogP contribution in [0.3, 0.4) is 0 Å². The van der Waals surface area contributed by atoms with Crippen molar-refractivity contribution in [2.24, 2.45) is 0 Å². The molecule has 6 nitrogen and oxygen atoms in total. The second kappa shape index (κ2) is 10.9. The van der Waals surface area contributed by atoms with E-state index in [1.54, 1.807) is 24.0 Å². The number of hydrogen-bond acceptors (Lipinski definition) is 4. The van der Waals surface area contributed by atoms with Crippen molar-refractivity contribution in [3.8, 4) is 5.75 Å². The SMILES string of the molecule is CCOc1ccc(S(=O)(=O)N[C@@H](C)C(=O)N(Cc2ccccc2)Cc2ccccc2)cc1. The van der Waals surface area contributed by atoms with Gasteiger partial charge in [-0.2, -0.15) is 4.72 Å².